The maximum absolute atomic E-state index is 11.3. The molecule has 0 saturated heterocycles. The first-order valence-corrected chi connectivity index (χ1v) is 8.86. The van der Waals surface area contributed by atoms with Gasteiger partial charge in [-0.15, -0.1) is 0 Å². The van der Waals surface area contributed by atoms with Crippen molar-refractivity contribution in [3.8, 4) is 33.8 Å². The largest absolute Gasteiger partial charge is 0.497 e. The molecule has 0 spiro atoms. The molecular formula is C24H22O3. The van der Waals surface area contributed by atoms with E-state index in [0.717, 1.165) is 29.4 Å². The van der Waals surface area contributed by atoms with Crippen molar-refractivity contribution in [3.63, 3.8) is 0 Å². The van der Waals surface area contributed by atoms with Gasteiger partial charge in [-0.2, -0.15) is 0 Å². The van der Waals surface area contributed by atoms with Gasteiger partial charge in [-0.05, 0) is 58.5 Å². The molecule has 0 radical (unpaired) electrons. The van der Waals surface area contributed by atoms with E-state index in [-0.39, 0.29) is 0 Å². The Hall–Kier alpha value is -3.33. The van der Waals surface area contributed by atoms with Gasteiger partial charge < -0.3 is 9.47 Å². The predicted molar refractivity (Wildman–Crippen MR) is 109 cm³/mol. The van der Waals surface area contributed by atoms with Gasteiger partial charge in [-0.25, -0.2) is 4.79 Å². The zero-order chi connectivity index (χ0) is 19.2. The Labute approximate surface area is 159 Å². The van der Waals surface area contributed by atoms with E-state index in [1.807, 2.05) is 24.3 Å². The van der Waals surface area contributed by atoms with Gasteiger partial charge >= 0.3 is 5.97 Å². The summed E-state index contributed by atoms with van der Waals surface area (Å²) in [5, 5.41) is 0. The normalized spacial score (nSPS) is 10.3. The van der Waals surface area contributed by atoms with Crippen LogP contribution in [-0.4, -0.2) is 13.1 Å². The Balaban J connectivity index is 1.89. The first-order valence-electron chi connectivity index (χ1n) is 8.86. The van der Waals surface area contributed by atoms with E-state index in [1.54, 1.807) is 19.2 Å². The van der Waals surface area contributed by atoms with Gasteiger partial charge in [-0.1, -0.05) is 56.0 Å². The van der Waals surface area contributed by atoms with Gasteiger partial charge in [0.15, 0.2) is 0 Å². The van der Waals surface area contributed by atoms with E-state index in [2.05, 4.69) is 43.8 Å². The molecule has 3 aromatic carbocycles. The number of carbonyl (C=O) groups is 1. The number of rotatable bonds is 6. The van der Waals surface area contributed by atoms with Gasteiger partial charge in [0, 0.05) is 6.08 Å². The van der Waals surface area contributed by atoms with Crippen molar-refractivity contribution in [1.82, 2.24) is 0 Å². The van der Waals surface area contributed by atoms with Crippen LogP contribution in [0, 0.1) is 0 Å². The number of esters is 1. The summed E-state index contributed by atoms with van der Waals surface area (Å²) in [5.74, 6) is 0.903. The lowest BCUT2D eigenvalue weighted by Crippen LogP contribution is -2.02. The molecule has 0 fully saturated rings. The number of carbonyl (C=O) groups excluding carboxylic acids is 1. The Morgan fingerprint density at radius 1 is 0.889 bits per heavy atom. The fraction of sp³-hybridized carbons (Fsp3) is 0.125. The second kappa shape index (κ2) is 8.37. The van der Waals surface area contributed by atoms with Gasteiger partial charge in [0.05, 0.1) is 7.11 Å². The number of hydrogen-bond acceptors (Lipinski definition) is 3. The SMILES string of the molecule is C=CC(=O)Oc1ccc(-c2ccc(-c3ccc(OC)cc3)cc2CC)cc1. The van der Waals surface area contributed by atoms with Crippen LogP contribution in [0.3, 0.4) is 0 Å². The summed E-state index contributed by atoms with van der Waals surface area (Å²) in [6.45, 7) is 5.56. The number of aryl methyl sites for hydroxylation is 1. The third kappa shape index (κ3) is 4.26. The standard InChI is InChI=1S/C24H22O3/c1-4-17-16-20(18-6-11-21(26-3)12-7-18)10-15-23(17)19-8-13-22(14-9-19)27-24(25)5-2/h5-16H,2,4H2,1,3H3. The second-order valence-electron chi connectivity index (χ2n) is 6.10. The number of benzene rings is 3. The molecule has 0 atom stereocenters. The molecule has 0 aliphatic heterocycles. The summed E-state index contributed by atoms with van der Waals surface area (Å²) in [7, 11) is 1.67. The molecule has 3 rings (SSSR count). The minimum atomic E-state index is -0.458. The fourth-order valence-electron chi connectivity index (χ4n) is 2.99. The van der Waals surface area contributed by atoms with Gasteiger partial charge in [0.2, 0.25) is 0 Å². The molecule has 0 aliphatic rings. The maximum Gasteiger partial charge on any atom is 0.335 e. The third-order valence-corrected chi connectivity index (χ3v) is 4.46. The van der Waals surface area contributed by atoms with Crippen LogP contribution < -0.4 is 9.47 Å². The molecule has 3 aromatic rings. The smallest absolute Gasteiger partial charge is 0.335 e. The highest BCUT2D eigenvalue weighted by Gasteiger charge is 2.08. The number of hydrogen-bond donors (Lipinski definition) is 0. The first kappa shape index (κ1) is 18.5. The van der Waals surface area contributed by atoms with Gasteiger partial charge in [0.25, 0.3) is 0 Å². The van der Waals surface area contributed by atoms with Crippen molar-refractivity contribution in [1.29, 1.82) is 0 Å². The molecule has 0 bridgehead atoms. The molecular weight excluding hydrogens is 336 g/mol. The lowest BCUT2D eigenvalue weighted by Gasteiger charge is -2.12. The lowest BCUT2D eigenvalue weighted by molar-refractivity contribution is -0.128. The zero-order valence-electron chi connectivity index (χ0n) is 15.6. The third-order valence-electron chi connectivity index (χ3n) is 4.46. The molecule has 27 heavy (non-hydrogen) atoms. The minimum Gasteiger partial charge on any atom is -0.497 e. The van der Waals surface area contributed by atoms with Crippen molar-refractivity contribution in [3.05, 3.63) is 84.9 Å². The van der Waals surface area contributed by atoms with Crippen LogP contribution in [0.5, 0.6) is 11.5 Å². The van der Waals surface area contributed by atoms with Crippen LogP contribution in [0.25, 0.3) is 22.3 Å². The maximum atomic E-state index is 11.3. The quantitative estimate of drug-likeness (QED) is 0.323. The number of methoxy groups -OCH3 is 1. The van der Waals surface area contributed by atoms with Crippen LogP contribution in [-0.2, 0) is 11.2 Å². The number of ether oxygens (including phenoxy) is 2. The summed E-state index contributed by atoms with van der Waals surface area (Å²) < 4.78 is 10.4. The highest BCUT2D eigenvalue weighted by molar-refractivity contribution is 5.83. The van der Waals surface area contributed by atoms with E-state index in [4.69, 9.17) is 9.47 Å². The average Bonchev–Trinajstić information content (AvgIpc) is 2.74. The Morgan fingerprint density at radius 2 is 1.48 bits per heavy atom. The average molecular weight is 358 g/mol. The van der Waals surface area contributed by atoms with Gasteiger partial charge in [0.1, 0.15) is 11.5 Å². The van der Waals surface area contributed by atoms with E-state index in [0.29, 0.717) is 5.75 Å². The monoisotopic (exact) mass is 358 g/mol. The fourth-order valence-corrected chi connectivity index (χ4v) is 2.99. The highest BCUT2D eigenvalue weighted by atomic mass is 16.5. The van der Waals surface area contributed by atoms with Crippen molar-refractivity contribution in [2.24, 2.45) is 0 Å². The summed E-state index contributed by atoms with van der Waals surface area (Å²) >= 11 is 0. The predicted octanol–water partition coefficient (Wildman–Crippen LogP) is 5.68. The minimum absolute atomic E-state index is 0.458. The first-order chi connectivity index (χ1) is 13.1. The summed E-state index contributed by atoms with van der Waals surface area (Å²) in [4.78, 5) is 11.3. The second-order valence-corrected chi connectivity index (χ2v) is 6.10. The van der Waals surface area contributed by atoms with Crippen molar-refractivity contribution >= 4 is 5.97 Å². The molecule has 0 heterocycles. The van der Waals surface area contributed by atoms with Crippen LogP contribution in [0.1, 0.15) is 12.5 Å². The van der Waals surface area contributed by atoms with Crippen molar-refractivity contribution in [2.45, 2.75) is 13.3 Å². The Kier molecular flexibility index (Phi) is 5.72. The van der Waals surface area contributed by atoms with Crippen LogP contribution >= 0.6 is 0 Å². The van der Waals surface area contributed by atoms with Crippen LogP contribution in [0.4, 0.5) is 0 Å². The molecule has 3 nitrogen and oxygen atoms in total. The van der Waals surface area contributed by atoms with E-state index in [1.165, 1.54) is 16.7 Å². The summed E-state index contributed by atoms with van der Waals surface area (Å²) in [6.07, 6.45) is 2.08. The summed E-state index contributed by atoms with van der Waals surface area (Å²) in [5.41, 5.74) is 5.86. The summed E-state index contributed by atoms with van der Waals surface area (Å²) in [6, 6.07) is 22.1. The van der Waals surface area contributed by atoms with Gasteiger partial charge in [-0.3, -0.25) is 0 Å². The van der Waals surface area contributed by atoms with Crippen LogP contribution in [0.15, 0.2) is 79.4 Å². The highest BCUT2D eigenvalue weighted by Crippen LogP contribution is 2.31. The topological polar surface area (TPSA) is 35.5 Å². The van der Waals surface area contributed by atoms with E-state index in [9.17, 15) is 4.79 Å². The molecule has 0 N–H and O–H groups in total. The molecule has 0 amide bonds. The Bertz CT molecular complexity index is 938. The molecule has 0 aromatic heterocycles. The zero-order valence-corrected chi connectivity index (χ0v) is 15.6. The van der Waals surface area contributed by atoms with Crippen molar-refractivity contribution < 1.29 is 14.3 Å². The molecule has 3 heteroatoms. The van der Waals surface area contributed by atoms with Crippen molar-refractivity contribution in [2.75, 3.05) is 7.11 Å². The lowest BCUT2D eigenvalue weighted by atomic mass is 9.93. The molecule has 136 valence electrons. The molecule has 0 saturated carbocycles. The molecule has 0 unspecified atom stereocenters. The molecule has 0 aliphatic carbocycles. The van der Waals surface area contributed by atoms with E-state index < -0.39 is 5.97 Å². The Morgan fingerprint density at radius 3 is 2.07 bits per heavy atom. The van der Waals surface area contributed by atoms with E-state index >= 15 is 0 Å². The van der Waals surface area contributed by atoms with Crippen LogP contribution in [0.2, 0.25) is 0 Å².